The molecule has 0 aliphatic heterocycles. The molecule has 3 heterocycles. The highest BCUT2D eigenvalue weighted by atomic mass is 32.1. The number of hydrogen-bond acceptors (Lipinski definition) is 5. The summed E-state index contributed by atoms with van der Waals surface area (Å²) >= 11 is 1.62. The van der Waals surface area contributed by atoms with Crippen molar-refractivity contribution >= 4 is 17.4 Å². The number of nitrogens with one attached hydrogen (secondary N) is 2. The molecule has 8 heteroatoms. The van der Waals surface area contributed by atoms with E-state index in [4.69, 9.17) is 5.10 Å². The Kier molecular flexibility index (Phi) is 6.32. The van der Waals surface area contributed by atoms with Crippen LogP contribution < -0.4 is 10.6 Å². The van der Waals surface area contributed by atoms with Crippen molar-refractivity contribution in [3.63, 3.8) is 0 Å². The minimum absolute atomic E-state index is 0.00739. The van der Waals surface area contributed by atoms with E-state index in [1.807, 2.05) is 58.7 Å². The van der Waals surface area contributed by atoms with E-state index in [2.05, 4.69) is 41.4 Å². The highest BCUT2D eigenvalue weighted by molar-refractivity contribution is 7.09. The van der Waals surface area contributed by atoms with Gasteiger partial charge in [-0.25, -0.2) is 14.5 Å². The second-order valence-corrected chi connectivity index (χ2v) is 9.31. The van der Waals surface area contributed by atoms with Gasteiger partial charge in [-0.2, -0.15) is 5.10 Å². The summed E-state index contributed by atoms with van der Waals surface area (Å²) in [6, 6.07) is 13.5. The van der Waals surface area contributed by atoms with Crippen LogP contribution in [-0.2, 0) is 18.5 Å². The first-order valence-electron chi connectivity index (χ1n) is 10.4. The Morgan fingerprint density at radius 2 is 1.75 bits per heavy atom. The first-order valence-corrected chi connectivity index (χ1v) is 11.3. The smallest absolute Gasteiger partial charge is 0.315 e. The third-order valence-corrected chi connectivity index (χ3v) is 6.14. The lowest BCUT2D eigenvalue weighted by molar-refractivity contribution is 0.240. The molecular formula is C24H26N6OS. The van der Waals surface area contributed by atoms with Crippen molar-refractivity contribution in [2.75, 3.05) is 0 Å². The average molecular weight is 447 g/mol. The number of hydrogen-bond donors (Lipinski definition) is 2. The molecule has 32 heavy (non-hydrogen) atoms. The van der Waals surface area contributed by atoms with Crippen molar-refractivity contribution in [2.45, 2.75) is 39.3 Å². The zero-order valence-corrected chi connectivity index (χ0v) is 19.2. The Labute approximate surface area is 191 Å². The predicted molar refractivity (Wildman–Crippen MR) is 127 cm³/mol. The predicted octanol–water partition coefficient (Wildman–Crippen LogP) is 4.69. The molecule has 4 aromatic rings. The van der Waals surface area contributed by atoms with Gasteiger partial charge < -0.3 is 10.6 Å². The van der Waals surface area contributed by atoms with E-state index in [9.17, 15) is 4.79 Å². The highest BCUT2D eigenvalue weighted by Crippen LogP contribution is 2.25. The number of rotatable bonds is 6. The summed E-state index contributed by atoms with van der Waals surface area (Å²) in [5.74, 6) is 0. The van der Waals surface area contributed by atoms with Crippen LogP contribution in [-0.4, -0.2) is 25.8 Å². The van der Waals surface area contributed by atoms with Crippen LogP contribution in [0.1, 0.15) is 37.0 Å². The van der Waals surface area contributed by atoms with Crippen LogP contribution in [0.2, 0.25) is 0 Å². The van der Waals surface area contributed by atoms with E-state index >= 15 is 0 Å². The normalized spacial score (nSPS) is 11.3. The lowest BCUT2D eigenvalue weighted by Crippen LogP contribution is -2.34. The second-order valence-electron chi connectivity index (χ2n) is 8.45. The SMILES string of the molecule is CC(C)(C)c1nc(CNC(=O)NCc2cn(-c3ccccc3)nc2-c2ccncc2)cs1. The number of benzene rings is 1. The molecule has 0 aliphatic carbocycles. The summed E-state index contributed by atoms with van der Waals surface area (Å²) in [5, 5.41) is 13.6. The summed E-state index contributed by atoms with van der Waals surface area (Å²) in [6.07, 6.45) is 5.42. The second kappa shape index (κ2) is 9.32. The minimum atomic E-state index is -0.247. The molecule has 0 bridgehead atoms. The average Bonchev–Trinajstić information content (AvgIpc) is 3.45. The van der Waals surface area contributed by atoms with Gasteiger partial charge in [0.25, 0.3) is 0 Å². The largest absolute Gasteiger partial charge is 0.334 e. The van der Waals surface area contributed by atoms with E-state index in [1.54, 1.807) is 23.7 Å². The molecule has 4 rings (SSSR count). The van der Waals surface area contributed by atoms with Gasteiger partial charge >= 0.3 is 6.03 Å². The van der Waals surface area contributed by atoms with Gasteiger partial charge in [-0.05, 0) is 24.3 Å². The summed E-state index contributed by atoms with van der Waals surface area (Å²) in [7, 11) is 0. The molecule has 0 fully saturated rings. The van der Waals surface area contributed by atoms with Gasteiger partial charge in [0.15, 0.2) is 0 Å². The summed E-state index contributed by atoms with van der Waals surface area (Å²) in [6.45, 7) is 7.13. The number of carbonyl (C=O) groups is 1. The maximum Gasteiger partial charge on any atom is 0.315 e. The van der Waals surface area contributed by atoms with Gasteiger partial charge in [-0.1, -0.05) is 39.0 Å². The lowest BCUT2D eigenvalue weighted by Gasteiger charge is -2.13. The number of thiazole rings is 1. The first-order chi connectivity index (χ1) is 15.4. The fraction of sp³-hybridized carbons (Fsp3) is 0.250. The summed E-state index contributed by atoms with van der Waals surface area (Å²) in [5.41, 5.74) is 4.50. The molecular weight excluding hydrogens is 420 g/mol. The van der Waals surface area contributed by atoms with Gasteiger partial charge in [0, 0.05) is 47.1 Å². The van der Waals surface area contributed by atoms with Crippen molar-refractivity contribution in [3.05, 3.63) is 82.7 Å². The van der Waals surface area contributed by atoms with Gasteiger partial charge in [0.1, 0.15) is 0 Å². The molecule has 1 aromatic carbocycles. The van der Waals surface area contributed by atoms with Gasteiger partial charge in [-0.15, -0.1) is 11.3 Å². The standard InChI is InChI=1S/C24H26N6OS/c1-24(2,3)22-28-19(16-32-22)14-27-23(31)26-13-18-15-30(20-7-5-4-6-8-20)29-21(18)17-9-11-25-12-10-17/h4-12,15-16H,13-14H2,1-3H3,(H2,26,27,31). The third-order valence-electron chi connectivity index (χ3n) is 4.83. The van der Waals surface area contributed by atoms with Gasteiger partial charge in [0.05, 0.1) is 28.6 Å². The number of urea groups is 1. The van der Waals surface area contributed by atoms with E-state index in [-0.39, 0.29) is 11.4 Å². The lowest BCUT2D eigenvalue weighted by atomic mass is 9.98. The molecule has 0 saturated carbocycles. The van der Waals surface area contributed by atoms with Crippen LogP contribution in [0.25, 0.3) is 16.9 Å². The molecule has 2 N–H and O–H groups in total. The zero-order chi connectivity index (χ0) is 22.6. The number of amides is 2. The molecule has 0 saturated heterocycles. The van der Waals surface area contributed by atoms with Gasteiger partial charge in [-0.3, -0.25) is 4.98 Å². The first kappa shape index (κ1) is 21.7. The number of aromatic nitrogens is 4. The van der Waals surface area contributed by atoms with Crippen molar-refractivity contribution < 1.29 is 4.79 Å². The van der Waals surface area contributed by atoms with Crippen molar-refractivity contribution in [1.29, 1.82) is 0 Å². The van der Waals surface area contributed by atoms with Crippen LogP contribution >= 0.6 is 11.3 Å². The third kappa shape index (κ3) is 5.20. The van der Waals surface area contributed by atoms with E-state index in [1.165, 1.54) is 0 Å². The van der Waals surface area contributed by atoms with E-state index in [0.29, 0.717) is 13.1 Å². The Balaban J connectivity index is 1.44. The van der Waals surface area contributed by atoms with Crippen LogP contribution in [0.5, 0.6) is 0 Å². The Morgan fingerprint density at radius 3 is 2.44 bits per heavy atom. The molecule has 0 aliphatic rings. The zero-order valence-electron chi connectivity index (χ0n) is 18.4. The quantitative estimate of drug-likeness (QED) is 0.450. The number of para-hydroxylation sites is 1. The van der Waals surface area contributed by atoms with Crippen molar-refractivity contribution in [3.8, 4) is 16.9 Å². The van der Waals surface area contributed by atoms with Crippen LogP contribution in [0.4, 0.5) is 4.79 Å². The number of pyridine rings is 1. The number of carbonyl (C=O) groups excluding carboxylic acids is 1. The number of nitrogens with zero attached hydrogens (tertiary/aromatic N) is 4. The van der Waals surface area contributed by atoms with Crippen molar-refractivity contribution in [1.82, 2.24) is 30.4 Å². The molecule has 0 atom stereocenters. The molecule has 0 radical (unpaired) electrons. The van der Waals surface area contributed by atoms with Crippen LogP contribution in [0.15, 0.2) is 66.4 Å². The van der Waals surface area contributed by atoms with Crippen molar-refractivity contribution in [2.24, 2.45) is 0 Å². The van der Waals surface area contributed by atoms with E-state index in [0.717, 1.165) is 33.2 Å². The summed E-state index contributed by atoms with van der Waals surface area (Å²) in [4.78, 5) is 21.1. The van der Waals surface area contributed by atoms with Crippen LogP contribution in [0, 0.1) is 0 Å². The molecule has 164 valence electrons. The maximum absolute atomic E-state index is 12.4. The van der Waals surface area contributed by atoms with E-state index < -0.39 is 0 Å². The highest BCUT2D eigenvalue weighted by Gasteiger charge is 2.18. The Bertz CT molecular complexity index is 1180. The van der Waals surface area contributed by atoms with Gasteiger partial charge in [0.2, 0.25) is 0 Å². The minimum Gasteiger partial charge on any atom is -0.334 e. The van der Waals surface area contributed by atoms with Crippen LogP contribution in [0.3, 0.4) is 0 Å². The Hall–Kier alpha value is -3.52. The fourth-order valence-corrected chi connectivity index (χ4v) is 4.05. The Morgan fingerprint density at radius 1 is 1.03 bits per heavy atom. The fourth-order valence-electron chi connectivity index (χ4n) is 3.15. The molecule has 0 spiro atoms. The molecule has 0 unspecified atom stereocenters. The molecule has 3 aromatic heterocycles. The monoisotopic (exact) mass is 446 g/mol. The summed E-state index contributed by atoms with van der Waals surface area (Å²) < 4.78 is 1.83. The molecule has 7 nitrogen and oxygen atoms in total. The maximum atomic E-state index is 12.4. The topological polar surface area (TPSA) is 84.7 Å². The molecule has 2 amide bonds.